The molecule has 0 fully saturated rings. The first-order valence-corrected chi connectivity index (χ1v) is 4.50. The number of carboxylic acids is 1. The van der Waals surface area contributed by atoms with Crippen molar-refractivity contribution in [1.82, 2.24) is 10.1 Å². The van der Waals surface area contributed by atoms with Crippen molar-refractivity contribution in [3.05, 3.63) is 29.5 Å². The van der Waals surface area contributed by atoms with Gasteiger partial charge >= 0.3 is 12.0 Å². The number of nitrogens with one attached hydrogen (secondary N) is 1. The minimum atomic E-state index is -1.24. The fourth-order valence-corrected chi connectivity index (χ4v) is 1.06. The van der Waals surface area contributed by atoms with Crippen molar-refractivity contribution in [3.8, 4) is 0 Å². The summed E-state index contributed by atoms with van der Waals surface area (Å²) < 4.78 is 9.45. The van der Waals surface area contributed by atoms with E-state index in [2.05, 4.69) is 15.5 Å². The maximum absolute atomic E-state index is 11.5. The van der Waals surface area contributed by atoms with Crippen LogP contribution < -0.4 is 5.32 Å². The number of hydrogen-bond donors (Lipinski definition) is 2. The molecule has 0 aliphatic rings. The van der Waals surface area contributed by atoms with Gasteiger partial charge in [0.25, 0.3) is 5.91 Å². The maximum atomic E-state index is 11.5. The molecule has 2 aromatic heterocycles. The number of aromatic nitrogens is 2. The Balaban J connectivity index is 2.10. The highest BCUT2D eigenvalue weighted by Gasteiger charge is 2.16. The van der Waals surface area contributed by atoms with E-state index in [0.717, 1.165) is 6.26 Å². The molecular weight excluding hydrogens is 230 g/mol. The third-order valence-electron chi connectivity index (χ3n) is 1.80. The van der Waals surface area contributed by atoms with Gasteiger partial charge in [-0.1, -0.05) is 5.16 Å². The molecule has 8 nitrogen and oxygen atoms in total. The van der Waals surface area contributed by atoms with Gasteiger partial charge in [-0.05, 0) is 6.92 Å². The molecule has 88 valence electrons. The smallest absolute Gasteiger partial charge is 0.357 e. The minimum Gasteiger partial charge on any atom is -0.476 e. The highest BCUT2D eigenvalue weighted by Crippen LogP contribution is 2.09. The molecule has 17 heavy (non-hydrogen) atoms. The predicted octanol–water partition coefficient (Wildman–Crippen LogP) is 0.922. The lowest BCUT2D eigenvalue weighted by Crippen LogP contribution is -2.12. The summed E-state index contributed by atoms with van der Waals surface area (Å²) in [6, 6.07) is 1.21. The largest absolute Gasteiger partial charge is 0.476 e. The number of anilines is 1. The molecule has 0 unspecified atom stereocenters. The summed E-state index contributed by atoms with van der Waals surface area (Å²) in [6.07, 6.45) is 0.923. The van der Waals surface area contributed by atoms with Crippen LogP contribution in [0, 0.1) is 6.92 Å². The summed E-state index contributed by atoms with van der Waals surface area (Å²) in [6.45, 7) is 1.64. The SMILES string of the molecule is Cc1cc(C(=O)Nc2nc(C(=O)O)co2)no1. The van der Waals surface area contributed by atoms with Crippen LogP contribution in [0.2, 0.25) is 0 Å². The van der Waals surface area contributed by atoms with E-state index < -0.39 is 11.9 Å². The second-order valence-electron chi connectivity index (χ2n) is 3.12. The molecule has 0 radical (unpaired) electrons. The highest BCUT2D eigenvalue weighted by molar-refractivity contribution is 6.01. The van der Waals surface area contributed by atoms with E-state index in [-0.39, 0.29) is 17.4 Å². The zero-order valence-electron chi connectivity index (χ0n) is 8.63. The Bertz CT molecular complexity index is 571. The first kappa shape index (κ1) is 10.9. The molecule has 0 aliphatic heterocycles. The topological polar surface area (TPSA) is 118 Å². The number of aromatic carboxylic acids is 1. The Labute approximate surface area is 94.2 Å². The molecule has 0 spiro atoms. The molecule has 0 aliphatic carbocycles. The lowest BCUT2D eigenvalue weighted by Gasteiger charge is -1.94. The second kappa shape index (κ2) is 4.08. The van der Waals surface area contributed by atoms with Crippen molar-refractivity contribution in [2.24, 2.45) is 0 Å². The number of rotatable bonds is 3. The van der Waals surface area contributed by atoms with Gasteiger partial charge < -0.3 is 14.0 Å². The Morgan fingerprint density at radius 2 is 2.18 bits per heavy atom. The average Bonchev–Trinajstić information content (AvgIpc) is 2.86. The van der Waals surface area contributed by atoms with Gasteiger partial charge in [0, 0.05) is 6.07 Å². The van der Waals surface area contributed by atoms with Gasteiger partial charge in [-0.3, -0.25) is 10.1 Å². The lowest BCUT2D eigenvalue weighted by molar-refractivity contribution is 0.0690. The zero-order valence-corrected chi connectivity index (χ0v) is 8.63. The van der Waals surface area contributed by atoms with Crippen LogP contribution in [0.15, 0.2) is 21.3 Å². The third-order valence-corrected chi connectivity index (χ3v) is 1.80. The number of hydrogen-bond acceptors (Lipinski definition) is 6. The summed E-state index contributed by atoms with van der Waals surface area (Å²) in [5.74, 6) is -1.36. The van der Waals surface area contributed by atoms with Crippen molar-refractivity contribution < 1.29 is 23.6 Å². The Kier molecular flexibility index (Phi) is 2.61. The van der Waals surface area contributed by atoms with Crippen LogP contribution in [0.4, 0.5) is 6.01 Å². The van der Waals surface area contributed by atoms with E-state index in [1.54, 1.807) is 6.92 Å². The van der Waals surface area contributed by atoms with Crippen molar-refractivity contribution in [1.29, 1.82) is 0 Å². The lowest BCUT2D eigenvalue weighted by atomic mass is 10.3. The molecule has 0 atom stereocenters. The van der Waals surface area contributed by atoms with E-state index in [9.17, 15) is 9.59 Å². The Morgan fingerprint density at radius 3 is 2.71 bits per heavy atom. The number of amides is 1. The number of carbonyl (C=O) groups is 2. The summed E-state index contributed by atoms with van der Waals surface area (Å²) in [7, 11) is 0. The van der Waals surface area contributed by atoms with E-state index in [0.29, 0.717) is 5.76 Å². The van der Waals surface area contributed by atoms with E-state index >= 15 is 0 Å². The van der Waals surface area contributed by atoms with Gasteiger partial charge in [0.15, 0.2) is 11.4 Å². The van der Waals surface area contributed by atoms with Crippen LogP contribution in [-0.4, -0.2) is 27.1 Å². The molecule has 0 bridgehead atoms. The molecule has 0 saturated heterocycles. The van der Waals surface area contributed by atoms with Gasteiger partial charge in [0.1, 0.15) is 12.0 Å². The number of nitrogens with zero attached hydrogens (tertiary/aromatic N) is 2. The van der Waals surface area contributed by atoms with Crippen LogP contribution in [0.1, 0.15) is 26.7 Å². The quantitative estimate of drug-likeness (QED) is 0.814. The average molecular weight is 237 g/mol. The van der Waals surface area contributed by atoms with Gasteiger partial charge in [-0.15, -0.1) is 0 Å². The van der Waals surface area contributed by atoms with E-state index in [1.165, 1.54) is 6.07 Å². The summed E-state index contributed by atoms with van der Waals surface area (Å²) >= 11 is 0. The number of aryl methyl sites for hydroxylation is 1. The fourth-order valence-electron chi connectivity index (χ4n) is 1.06. The molecule has 8 heteroatoms. The summed E-state index contributed by atoms with van der Waals surface area (Å²) in [5.41, 5.74) is -0.241. The van der Waals surface area contributed by atoms with E-state index in [1.807, 2.05) is 0 Å². The van der Waals surface area contributed by atoms with Crippen molar-refractivity contribution in [3.63, 3.8) is 0 Å². The van der Waals surface area contributed by atoms with Gasteiger partial charge in [0.2, 0.25) is 0 Å². The normalized spacial score (nSPS) is 10.2. The van der Waals surface area contributed by atoms with Gasteiger partial charge in [0.05, 0.1) is 0 Å². The van der Waals surface area contributed by atoms with Crippen LogP contribution in [0.3, 0.4) is 0 Å². The van der Waals surface area contributed by atoms with Crippen LogP contribution >= 0.6 is 0 Å². The molecule has 1 amide bonds. The highest BCUT2D eigenvalue weighted by atomic mass is 16.5. The molecule has 2 heterocycles. The zero-order chi connectivity index (χ0) is 12.4. The molecular formula is C9H7N3O5. The maximum Gasteiger partial charge on any atom is 0.357 e. The number of carbonyl (C=O) groups excluding carboxylic acids is 1. The summed E-state index contributed by atoms with van der Waals surface area (Å²) in [4.78, 5) is 25.6. The summed E-state index contributed by atoms with van der Waals surface area (Å²) in [5, 5.41) is 14.3. The monoisotopic (exact) mass is 237 g/mol. The number of carboxylic acid groups (broad SMARTS) is 1. The Morgan fingerprint density at radius 1 is 1.41 bits per heavy atom. The van der Waals surface area contributed by atoms with E-state index in [4.69, 9.17) is 14.0 Å². The standard InChI is InChI=1S/C9H7N3O5/c1-4-2-5(12-17-4)7(13)11-9-10-6(3-16-9)8(14)15/h2-3H,1H3,(H,14,15)(H,10,11,13). The fraction of sp³-hybridized carbons (Fsp3) is 0.111. The minimum absolute atomic E-state index is 0.0533. The third kappa shape index (κ3) is 2.30. The van der Waals surface area contributed by atoms with Crippen LogP contribution in [-0.2, 0) is 0 Å². The van der Waals surface area contributed by atoms with Crippen molar-refractivity contribution in [2.45, 2.75) is 6.92 Å². The van der Waals surface area contributed by atoms with Crippen LogP contribution in [0.5, 0.6) is 0 Å². The molecule has 2 aromatic rings. The molecule has 0 saturated carbocycles. The second-order valence-corrected chi connectivity index (χ2v) is 3.12. The number of oxazole rings is 1. The molecule has 0 aromatic carbocycles. The van der Waals surface area contributed by atoms with Gasteiger partial charge in [-0.25, -0.2) is 4.79 Å². The first-order chi connectivity index (χ1) is 8.06. The Hall–Kier alpha value is -2.64. The van der Waals surface area contributed by atoms with Crippen molar-refractivity contribution in [2.75, 3.05) is 5.32 Å². The predicted molar refractivity (Wildman–Crippen MR) is 52.7 cm³/mol. The van der Waals surface area contributed by atoms with Gasteiger partial charge in [-0.2, -0.15) is 4.98 Å². The van der Waals surface area contributed by atoms with Crippen LogP contribution in [0.25, 0.3) is 0 Å². The molecule has 2 N–H and O–H groups in total. The first-order valence-electron chi connectivity index (χ1n) is 4.50. The molecule has 2 rings (SSSR count). The van der Waals surface area contributed by atoms with Crippen molar-refractivity contribution >= 4 is 17.9 Å².